The van der Waals surface area contributed by atoms with Gasteiger partial charge >= 0.3 is 0 Å². The van der Waals surface area contributed by atoms with Crippen LogP contribution in [0.3, 0.4) is 0 Å². The Balaban J connectivity index is 0.000000202. The molecule has 0 heterocycles. The van der Waals surface area contributed by atoms with Crippen molar-refractivity contribution in [2.75, 3.05) is 0 Å². The first-order valence-electron chi connectivity index (χ1n) is 3.97. The van der Waals surface area contributed by atoms with E-state index in [-0.39, 0.29) is 5.41 Å². The van der Waals surface area contributed by atoms with Gasteiger partial charge in [-0.2, -0.15) is 5.26 Å². The van der Waals surface area contributed by atoms with Crippen molar-refractivity contribution in [2.24, 2.45) is 5.41 Å². The highest BCUT2D eigenvalue weighted by atomic mass is 14.3. The van der Waals surface area contributed by atoms with Gasteiger partial charge in [-0.15, -0.1) is 0 Å². The summed E-state index contributed by atoms with van der Waals surface area (Å²) in [6.07, 6.45) is 0. The van der Waals surface area contributed by atoms with E-state index in [1.54, 1.807) is 0 Å². The minimum atomic E-state index is -0.153. The first kappa shape index (κ1) is 10.7. The fraction of sp³-hybridized carbons (Fsp3) is 0.364. The van der Waals surface area contributed by atoms with E-state index >= 15 is 0 Å². The molecule has 0 amide bonds. The molecule has 0 spiro atoms. The predicted octanol–water partition coefficient (Wildman–Crippen LogP) is 3.24. The number of hydrogen-bond acceptors (Lipinski definition) is 1. The maximum absolute atomic E-state index is 8.15. The molecular formula is C11H15N. The van der Waals surface area contributed by atoms with E-state index < -0.39 is 0 Å². The topological polar surface area (TPSA) is 23.8 Å². The molecule has 0 unspecified atom stereocenters. The van der Waals surface area contributed by atoms with E-state index in [0.717, 1.165) is 0 Å². The van der Waals surface area contributed by atoms with Gasteiger partial charge < -0.3 is 0 Å². The molecule has 0 saturated carbocycles. The lowest BCUT2D eigenvalue weighted by molar-refractivity contribution is 0.561. The zero-order chi connectivity index (χ0) is 9.45. The van der Waals surface area contributed by atoms with Gasteiger partial charge in [0.25, 0.3) is 0 Å². The van der Waals surface area contributed by atoms with Crippen LogP contribution in [0.15, 0.2) is 36.4 Å². The average Bonchev–Trinajstić information content (AvgIpc) is 2.07. The Morgan fingerprint density at radius 2 is 1.00 bits per heavy atom. The molecule has 0 aliphatic heterocycles. The number of benzene rings is 1. The van der Waals surface area contributed by atoms with Crippen molar-refractivity contribution in [1.29, 1.82) is 5.26 Å². The van der Waals surface area contributed by atoms with Crippen molar-refractivity contribution >= 4 is 0 Å². The van der Waals surface area contributed by atoms with Gasteiger partial charge in [-0.1, -0.05) is 36.4 Å². The summed E-state index contributed by atoms with van der Waals surface area (Å²) in [5.74, 6) is 0. The SMILES string of the molecule is CC(C)(C)C#N.c1ccccc1. The van der Waals surface area contributed by atoms with Crippen LogP contribution in [0.1, 0.15) is 20.8 Å². The van der Waals surface area contributed by atoms with E-state index in [9.17, 15) is 0 Å². The van der Waals surface area contributed by atoms with Crippen molar-refractivity contribution in [3.63, 3.8) is 0 Å². The van der Waals surface area contributed by atoms with Crippen LogP contribution in [0.4, 0.5) is 0 Å². The maximum Gasteiger partial charge on any atom is 0.0680 e. The second-order valence-electron chi connectivity index (χ2n) is 3.52. The Kier molecular flexibility index (Phi) is 4.79. The van der Waals surface area contributed by atoms with Crippen LogP contribution in [0, 0.1) is 16.7 Å². The molecule has 1 nitrogen and oxygen atoms in total. The molecule has 0 aliphatic carbocycles. The summed E-state index contributed by atoms with van der Waals surface area (Å²) in [7, 11) is 0. The fourth-order valence-electron chi connectivity index (χ4n) is 0.385. The Morgan fingerprint density at radius 1 is 0.833 bits per heavy atom. The van der Waals surface area contributed by atoms with Gasteiger partial charge in [0.2, 0.25) is 0 Å². The Morgan fingerprint density at radius 3 is 1.08 bits per heavy atom. The van der Waals surface area contributed by atoms with Crippen molar-refractivity contribution in [1.82, 2.24) is 0 Å². The molecule has 0 N–H and O–H groups in total. The molecule has 0 fully saturated rings. The summed E-state index contributed by atoms with van der Waals surface area (Å²) in [6.45, 7) is 5.65. The van der Waals surface area contributed by atoms with Crippen molar-refractivity contribution < 1.29 is 0 Å². The van der Waals surface area contributed by atoms with Gasteiger partial charge in [0.15, 0.2) is 0 Å². The summed E-state index contributed by atoms with van der Waals surface area (Å²) in [5, 5.41) is 8.15. The smallest absolute Gasteiger partial charge is 0.0680 e. The average molecular weight is 161 g/mol. The van der Waals surface area contributed by atoms with Crippen LogP contribution in [-0.2, 0) is 0 Å². The molecule has 64 valence electrons. The predicted molar refractivity (Wildman–Crippen MR) is 51.5 cm³/mol. The third kappa shape index (κ3) is 8.71. The van der Waals surface area contributed by atoms with E-state index in [1.165, 1.54) is 0 Å². The fourth-order valence-corrected chi connectivity index (χ4v) is 0.385. The molecule has 12 heavy (non-hydrogen) atoms. The Labute approximate surface area is 74.7 Å². The van der Waals surface area contributed by atoms with Crippen LogP contribution in [0.25, 0.3) is 0 Å². The number of nitrogens with zero attached hydrogens (tertiary/aromatic N) is 1. The van der Waals surface area contributed by atoms with Crippen LogP contribution in [0.2, 0.25) is 0 Å². The van der Waals surface area contributed by atoms with E-state index in [4.69, 9.17) is 5.26 Å². The molecule has 0 bridgehead atoms. The summed E-state index contributed by atoms with van der Waals surface area (Å²) in [4.78, 5) is 0. The Hall–Kier alpha value is -1.29. The molecule has 0 atom stereocenters. The molecule has 1 heteroatoms. The zero-order valence-electron chi connectivity index (χ0n) is 7.91. The van der Waals surface area contributed by atoms with Crippen LogP contribution < -0.4 is 0 Å². The monoisotopic (exact) mass is 161 g/mol. The maximum atomic E-state index is 8.15. The van der Waals surface area contributed by atoms with Gasteiger partial charge in [0, 0.05) is 5.41 Å². The highest BCUT2D eigenvalue weighted by Crippen LogP contribution is 2.08. The van der Waals surface area contributed by atoms with Crippen LogP contribution in [0.5, 0.6) is 0 Å². The lowest BCUT2D eigenvalue weighted by atomic mass is 10.0. The largest absolute Gasteiger partial charge is 0.198 e. The Bertz CT molecular complexity index is 199. The molecule has 1 aromatic rings. The van der Waals surface area contributed by atoms with Crippen molar-refractivity contribution in [3.8, 4) is 6.07 Å². The zero-order valence-corrected chi connectivity index (χ0v) is 7.91. The number of hydrogen-bond donors (Lipinski definition) is 0. The number of nitriles is 1. The van der Waals surface area contributed by atoms with Gasteiger partial charge in [0.1, 0.15) is 0 Å². The highest BCUT2D eigenvalue weighted by Gasteiger charge is 2.04. The molecule has 0 aromatic heterocycles. The first-order chi connectivity index (χ1) is 5.56. The van der Waals surface area contributed by atoms with E-state index in [0.29, 0.717) is 0 Å². The molecule has 0 aliphatic rings. The van der Waals surface area contributed by atoms with Crippen LogP contribution >= 0.6 is 0 Å². The molecule has 1 aromatic carbocycles. The molecule has 0 saturated heterocycles. The second kappa shape index (κ2) is 5.37. The van der Waals surface area contributed by atoms with Gasteiger partial charge in [-0.25, -0.2) is 0 Å². The summed E-state index contributed by atoms with van der Waals surface area (Å²) < 4.78 is 0. The van der Waals surface area contributed by atoms with Crippen molar-refractivity contribution in [3.05, 3.63) is 36.4 Å². The lowest BCUT2D eigenvalue weighted by Gasteiger charge is -2.01. The van der Waals surface area contributed by atoms with Gasteiger partial charge in [-0.05, 0) is 20.8 Å². The lowest BCUT2D eigenvalue weighted by Crippen LogP contribution is -1.97. The summed E-state index contributed by atoms with van der Waals surface area (Å²) in [6, 6.07) is 14.1. The van der Waals surface area contributed by atoms with Crippen LogP contribution in [-0.4, -0.2) is 0 Å². The highest BCUT2D eigenvalue weighted by molar-refractivity contribution is 4.99. The van der Waals surface area contributed by atoms with Crippen molar-refractivity contribution in [2.45, 2.75) is 20.8 Å². The molecule has 0 radical (unpaired) electrons. The van der Waals surface area contributed by atoms with E-state index in [2.05, 4.69) is 6.07 Å². The van der Waals surface area contributed by atoms with E-state index in [1.807, 2.05) is 57.2 Å². The summed E-state index contributed by atoms with van der Waals surface area (Å²) in [5.41, 5.74) is -0.153. The first-order valence-corrected chi connectivity index (χ1v) is 3.97. The standard InChI is InChI=1S/C6H6.C5H9N/c1-2-4-6-5-3-1;1-5(2,3)4-6/h1-6H;1-3H3. The quantitative estimate of drug-likeness (QED) is 0.573. The molecular weight excluding hydrogens is 146 g/mol. The third-order valence-electron chi connectivity index (χ3n) is 1.00. The third-order valence-corrected chi connectivity index (χ3v) is 1.00. The minimum Gasteiger partial charge on any atom is -0.198 e. The normalized spacial score (nSPS) is 9.17. The van der Waals surface area contributed by atoms with Gasteiger partial charge in [0.05, 0.1) is 6.07 Å². The second-order valence-corrected chi connectivity index (χ2v) is 3.52. The van der Waals surface area contributed by atoms with Gasteiger partial charge in [-0.3, -0.25) is 0 Å². The summed E-state index contributed by atoms with van der Waals surface area (Å²) >= 11 is 0. The minimum absolute atomic E-state index is 0.153. The number of rotatable bonds is 0. The molecule has 1 rings (SSSR count).